The first-order valence-corrected chi connectivity index (χ1v) is 13.8. The lowest BCUT2D eigenvalue weighted by molar-refractivity contribution is 0.255. The summed E-state index contributed by atoms with van der Waals surface area (Å²) >= 11 is 0. The maximum atomic E-state index is 13.1. The van der Waals surface area contributed by atoms with E-state index in [9.17, 15) is 13.2 Å². The van der Waals surface area contributed by atoms with Gasteiger partial charge in [0.1, 0.15) is 0 Å². The van der Waals surface area contributed by atoms with Crippen LogP contribution in [0.15, 0.2) is 18.2 Å². The van der Waals surface area contributed by atoms with Crippen LogP contribution < -0.4 is 10.0 Å². The summed E-state index contributed by atoms with van der Waals surface area (Å²) in [5, 5.41) is 2.85. The third-order valence-corrected chi connectivity index (χ3v) is 7.18. The van der Waals surface area contributed by atoms with E-state index in [4.69, 9.17) is 0 Å². The zero-order valence-electron chi connectivity index (χ0n) is 21.0. The van der Waals surface area contributed by atoms with Gasteiger partial charge in [0.05, 0.1) is 0 Å². The van der Waals surface area contributed by atoms with Gasteiger partial charge in [0.2, 0.25) is 0 Å². The molecule has 0 saturated carbocycles. The number of para-hydroxylation sites is 1. The van der Waals surface area contributed by atoms with Gasteiger partial charge in [0, 0.05) is 18.8 Å². The highest BCUT2D eigenvalue weighted by Gasteiger charge is 2.25. The summed E-state index contributed by atoms with van der Waals surface area (Å²) in [6.07, 6.45) is 7.94. The normalized spacial score (nSPS) is 12.0. The summed E-state index contributed by atoms with van der Waals surface area (Å²) in [6.45, 7) is 13.4. The van der Waals surface area contributed by atoms with Crippen LogP contribution in [-0.2, 0) is 10.2 Å². The largest absolute Gasteiger partial charge is 0.333 e. The van der Waals surface area contributed by atoms with Gasteiger partial charge < -0.3 is 5.32 Å². The molecule has 0 saturated heterocycles. The maximum absolute atomic E-state index is 13.1. The highest BCUT2D eigenvalue weighted by atomic mass is 32.2. The van der Waals surface area contributed by atoms with Crippen LogP contribution in [0.5, 0.6) is 0 Å². The number of benzene rings is 1. The Balaban J connectivity index is 2.96. The molecule has 0 aliphatic rings. The fraction of sp³-hybridized carbons (Fsp3) is 0.720. The van der Waals surface area contributed by atoms with Gasteiger partial charge in [0.15, 0.2) is 0 Å². The molecule has 2 amide bonds. The molecular weight excluding hydrogens is 422 g/mol. The van der Waals surface area contributed by atoms with Crippen molar-refractivity contribution < 1.29 is 13.2 Å². The van der Waals surface area contributed by atoms with Gasteiger partial charge in [-0.1, -0.05) is 98.3 Å². The third-order valence-electron chi connectivity index (χ3n) is 5.70. The maximum Gasteiger partial charge on any atom is 0.333 e. The molecule has 184 valence electrons. The number of unbranched alkanes of at least 4 members (excludes halogenated alkanes) is 6. The first kappa shape index (κ1) is 28.4. The molecule has 1 aromatic rings. The van der Waals surface area contributed by atoms with Gasteiger partial charge in [-0.2, -0.15) is 12.7 Å². The lowest BCUT2D eigenvalue weighted by atomic mass is 9.93. The van der Waals surface area contributed by atoms with E-state index in [-0.39, 0.29) is 11.8 Å². The van der Waals surface area contributed by atoms with Crippen LogP contribution in [0.2, 0.25) is 0 Å². The Morgan fingerprint density at radius 3 is 1.72 bits per heavy atom. The molecule has 0 spiro atoms. The van der Waals surface area contributed by atoms with Crippen molar-refractivity contribution in [1.29, 1.82) is 0 Å². The number of anilines is 1. The second kappa shape index (κ2) is 14.5. The zero-order valence-corrected chi connectivity index (χ0v) is 21.9. The number of rotatable bonds is 15. The molecule has 0 unspecified atom stereocenters. The molecule has 32 heavy (non-hydrogen) atoms. The van der Waals surface area contributed by atoms with E-state index in [1.54, 1.807) is 0 Å². The van der Waals surface area contributed by atoms with Gasteiger partial charge in [-0.3, -0.25) is 0 Å². The first-order chi connectivity index (χ1) is 15.1. The van der Waals surface area contributed by atoms with Crippen LogP contribution in [0.25, 0.3) is 0 Å². The molecule has 6 nitrogen and oxygen atoms in total. The van der Waals surface area contributed by atoms with E-state index < -0.39 is 16.2 Å². The van der Waals surface area contributed by atoms with E-state index in [1.807, 2.05) is 18.2 Å². The predicted octanol–water partition coefficient (Wildman–Crippen LogP) is 6.76. The summed E-state index contributed by atoms with van der Waals surface area (Å²) in [6, 6.07) is 5.24. The molecule has 0 heterocycles. The van der Waals surface area contributed by atoms with Crippen molar-refractivity contribution in [2.45, 2.75) is 105 Å². The number of carbonyl (C=O) groups is 1. The predicted molar refractivity (Wildman–Crippen MR) is 136 cm³/mol. The Morgan fingerprint density at radius 2 is 1.31 bits per heavy atom. The first-order valence-electron chi connectivity index (χ1n) is 12.4. The van der Waals surface area contributed by atoms with Crippen molar-refractivity contribution in [3.05, 3.63) is 29.3 Å². The SMILES string of the molecule is CCCCCCN(CCCCCC)S(=O)(=O)NC(=O)Nc1c(C(C)C)cccc1C(C)C. The van der Waals surface area contributed by atoms with Crippen molar-refractivity contribution in [1.82, 2.24) is 9.03 Å². The van der Waals surface area contributed by atoms with E-state index in [2.05, 4.69) is 51.6 Å². The average Bonchev–Trinajstić information content (AvgIpc) is 2.71. The minimum Gasteiger partial charge on any atom is -0.307 e. The van der Waals surface area contributed by atoms with Gasteiger partial charge in [-0.15, -0.1) is 0 Å². The molecule has 1 rings (SSSR count). The summed E-state index contributed by atoms with van der Waals surface area (Å²) < 4.78 is 29.8. The summed E-state index contributed by atoms with van der Waals surface area (Å²) in [7, 11) is -3.91. The number of hydrogen-bond donors (Lipinski definition) is 2. The van der Waals surface area contributed by atoms with Crippen LogP contribution in [0, 0.1) is 0 Å². The monoisotopic (exact) mass is 467 g/mol. The number of amides is 2. The number of nitrogens with one attached hydrogen (secondary N) is 2. The Kier molecular flexibility index (Phi) is 12.9. The molecule has 0 aliphatic carbocycles. The highest BCUT2D eigenvalue weighted by molar-refractivity contribution is 7.87. The smallest absolute Gasteiger partial charge is 0.307 e. The van der Waals surface area contributed by atoms with Crippen molar-refractivity contribution in [3.8, 4) is 0 Å². The molecule has 1 aromatic carbocycles. The average molecular weight is 468 g/mol. The molecule has 0 fully saturated rings. The Labute approximate surface area is 196 Å². The molecule has 0 atom stereocenters. The minimum atomic E-state index is -3.91. The minimum absolute atomic E-state index is 0.203. The van der Waals surface area contributed by atoms with Crippen LogP contribution in [-0.4, -0.2) is 31.8 Å². The van der Waals surface area contributed by atoms with Gasteiger partial charge in [-0.05, 0) is 35.8 Å². The van der Waals surface area contributed by atoms with Gasteiger partial charge in [-0.25, -0.2) is 9.52 Å². The number of nitrogens with zero attached hydrogens (tertiary/aromatic N) is 1. The van der Waals surface area contributed by atoms with Crippen LogP contribution in [0.4, 0.5) is 10.5 Å². The Hall–Kier alpha value is -1.60. The lowest BCUT2D eigenvalue weighted by Gasteiger charge is -2.24. The molecule has 0 bridgehead atoms. The standard InChI is InChI=1S/C25H45N3O3S/c1-7-9-11-13-18-28(19-14-12-10-8-2)32(30,31)27-25(29)26-24-22(20(3)4)16-15-17-23(24)21(5)6/h15-17,20-21H,7-14,18-19H2,1-6H3,(H2,26,27,29). The van der Waals surface area contributed by atoms with Gasteiger partial charge >= 0.3 is 16.2 Å². The summed E-state index contributed by atoms with van der Waals surface area (Å²) in [4.78, 5) is 12.8. The van der Waals surface area contributed by atoms with E-state index in [0.717, 1.165) is 62.5 Å². The Morgan fingerprint density at radius 1 is 0.844 bits per heavy atom. The second-order valence-corrected chi connectivity index (χ2v) is 10.9. The van der Waals surface area contributed by atoms with Crippen molar-refractivity contribution in [2.24, 2.45) is 0 Å². The lowest BCUT2D eigenvalue weighted by Crippen LogP contribution is -2.46. The Bertz CT molecular complexity index is 753. The fourth-order valence-corrected chi connectivity index (χ4v) is 4.95. The van der Waals surface area contributed by atoms with Crippen LogP contribution >= 0.6 is 0 Å². The van der Waals surface area contributed by atoms with Crippen molar-refractivity contribution in [3.63, 3.8) is 0 Å². The summed E-state index contributed by atoms with van der Waals surface area (Å²) in [5.41, 5.74) is 2.71. The topological polar surface area (TPSA) is 78.5 Å². The van der Waals surface area contributed by atoms with Gasteiger partial charge in [0.25, 0.3) is 0 Å². The molecule has 7 heteroatoms. The molecule has 0 radical (unpaired) electrons. The number of hydrogen-bond acceptors (Lipinski definition) is 3. The number of urea groups is 1. The van der Waals surface area contributed by atoms with Crippen LogP contribution in [0.3, 0.4) is 0 Å². The van der Waals surface area contributed by atoms with Crippen LogP contribution in [0.1, 0.15) is 116 Å². The third kappa shape index (κ3) is 9.49. The molecular formula is C25H45N3O3S. The highest BCUT2D eigenvalue weighted by Crippen LogP contribution is 2.32. The van der Waals surface area contributed by atoms with Crippen molar-refractivity contribution in [2.75, 3.05) is 18.4 Å². The van der Waals surface area contributed by atoms with E-state index in [0.29, 0.717) is 18.8 Å². The fourth-order valence-electron chi connectivity index (χ4n) is 3.80. The van der Waals surface area contributed by atoms with E-state index in [1.165, 1.54) is 4.31 Å². The molecule has 0 aliphatic heterocycles. The van der Waals surface area contributed by atoms with Crippen molar-refractivity contribution >= 4 is 21.9 Å². The zero-order chi connectivity index (χ0) is 24.1. The second-order valence-electron chi connectivity index (χ2n) is 9.20. The number of carbonyl (C=O) groups excluding carboxylic acids is 1. The van der Waals surface area contributed by atoms with E-state index >= 15 is 0 Å². The summed E-state index contributed by atoms with van der Waals surface area (Å²) in [5.74, 6) is 0.406. The quantitative estimate of drug-likeness (QED) is 0.280. The molecule has 0 aromatic heterocycles. The molecule has 2 N–H and O–H groups in total.